The van der Waals surface area contributed by atoms with E-state index in [1.165, 1.54) is 32.4 Å². The second-order valence-electron chi connectivity index (χ2n) is 9.57. The minimum Gasteiger partial charge on any atom is -0.454 e. The van der Waals surface area contributed by atoms with E-state index in [1.54, 1.807) is 17.1 Å². The van der Waals surface area contributed by atoms with E-state index in [4.69, 9.17) is 4.42 Å². The van der Waals surface area contributed by atoms with Crippen molar-refractivity contribution in [3.63, 3.8) is 0 Å². The summed E-state index contributed by atoms with van der Waals surface area (Å²) < 4.78 is 7.60. The van der Waals surface area contributed by atoms with Crippen LogP contribution in [0.4, 0.5) is 0 Å². The minimum atomic E-state index is 0.0410. The largest absolute Gasteiger partial charge is 0.454 e. The second-order valence-corrected chi connectivity index (χ2v) is 9.57. The number of para-hydroxylation sites is 1. The molecule has 0 N–H and O–H groups in total. The minimum absolute atomic E-state index is 0.0410. The van der Waals surface area contributed by atoms with Crippen LogP contribution in [0.1, 0.15) is 48.2 Å². The van der Waals surface area contributed by atoms with Crippen LogP contribution in [-0.2, 0) is 0 Å². The molecule has 0 unspecified atom stereocenters. The molecular formula is C27H30N6O2. The lowest BCUT2D eigenvalue weighted by atomic mass is 9.99. The monoisotopic (exact) mass is 470 g/mol. The van der Waals surface area contributed by atoms with Gasteiger partial charge in [0.1, 0.15) is 11.3 Å². The van der Waals surface area contributed by atoms with E-state index in [0.717, 1.165) is 42.6 Å². The van der Waals surface area contributed by atoms with E-state index < -0.39 is 0 Å². The van der Waals surface area contributed by atoms with E-state index in [0.29, 0.717) is 29.0 Å². The summed E-state index contributed by atoms with van der Waals surface area (Å²) >= 11 is 0. The molecule has 4 aromatic rings. The van der Waals surface area contributed by atoms with Crippen molar-refractivity contribution in [3.8, 4) is 17.4 Å². The number of rotatable bonds is 4. The van der Waals surface area contributed by atoms with Crippen LogP contribution in [0, 0.1) is 6.92 Å². The van der Waals surface area contributed by atoms with Crippen molar-refractivity contribution in [3.05, 3.63) is 60.0 Å². The van der Waals surface area contributed by atoms with Gasteiger partial charge in [-0.2, -0.15) is 5.10 Å². The summed E-state index contributed by atoms with van der Waals surface area (Å²) in [4.78, 5) is 27.0. The Hall–Kier alpha value is -3.52. The topological polar surface area (TPSA) is 80.3 Å². The Balaban J connectivity index is 1.19. The lowest BCUT2D eigenvalue weighted by molar-refractivity contribution is 0.0589. The van der Waals surface area contributed by atoms with Crippen LogP contribution in [0.2, 0.25) is 0 Å². The van der Waals surface area contributed by atoms with Gasteiger partial charge in [0.05, 0.1) is 17.5 Å². The molecule has 0 aliphatic carbocycles. The number of hydrogen-bond donors (Lipinski definition) is 0. The molecule has 1 amide bonds. The summed E-state index contributed by atoms with van der Waals surface area (Å²) in [5, 5.41) is 5.50. The number of fused-ring (bicyclic) bond motifs is 1. The molecule has 6 rings (SSSR count). The molecule has 0 saturated carbocycles. The number of nitrogens with zero attached hydrogens (tertiary/aromatic N) is 6. The SMILES string of the molecule is Cc1c(C(=O)N2CCC(N3CCCCC3)CC2)cnn1-c1nccc(-c2cc3ccccc3o2)n1. The van der Waals surface area contributed by atoms with E-state index in [1.807, 2.05) is 48.2 Å². The van der Waals surface area contributed by atoms with Crippen LogP contribution in [0.3, 0.4) is 0 Å². The Morgan fingerprint density at radius 1 is 1.03 bits per heavy atom. The van der Waals surface area contributed by atoms with Gasteiger partial charge in [-0.3, -0.25) is 4.79 Å². The van der Waals surface area contributed by atoms with E-state index >= 15 is 0 Å². The predicted octanol–water partition coefficient (Wildman–Crippen LogP) is 4.47. The zero-order valence-electron chi connectivity index (χ0n) is 20.1. The second kappa shape index (κ2) is 9.26. The lowest BCUT2D eigenvalue weighted by Gasteiger charge is -2.40. The number of hydrogen-bond acceptors (Lipinski definition) is 6. The molecular weight excluding hydrogens is 440 g/mol. The zero-order valence-corrected chi connectivity index (χ0v) is 20.1. The first kappa shape index (κ1) is 22.0. The molecule has 0 radical (unpaired) electrons. The molecule has 8 nitrogen and oxygen atoms in total. The highest BCUT2D eigenvalue weighted by Crippen LogP contribution is 2.27. The highest BCUT2D eigenvalue weighted by molar-refractivity contribution is 5.95. The van der Waals surface area contributed by atoms with Gasteiger partial charge in [-0.1, -0.05) is 24.6 Å². The van der Waals surface area contributed by atoms with Crippen LogP contribution in [-0.4, -0.2) is 67.7 Å². The highest BCUT2D eigenvalue weighted by Gasteiger charge is 2.29. The lowest BCUT2D eigenvalue weighted by Crippen LogP contribution is -2.48. The molecule has 0 atom stereocenters. The quantitative estimate of drug-likeness (QED) is 0.438. The Bertz CT molecular complexity index is 1310. The van der Waals surface area contributed by atoms with Gasteiger partial charge in [0.2, 0.25) is 0 Å². The van der Waals surface area contributed by atoms with Crippen LogP contribution in [0.5, 0.6) is 0 Å². The number of benzene rings is 1. The first-order chi connectivity index (χ1) is 17.2. The number of carbonyl (C=O) groups is 1. The third-order valence-corrected chi connectivity index (χ3v) is 7.41. The van der Waals surface area contributed by atoms with Crippen LogP contribution >= 0.6 is 0 Å². The Labute approximate surface area is 204 Å². The molecule has 5 heterocycles. The fraction of sp³-hybridized carbons (Fsp3) is 0.407. The maximum absolute atomic E-state index is 13.3. The number of aromatic nitrogens is 4. The predicted molar refractivity (Wildman–Crippen MR) is 133 cm³/mol. The van der Waals surface area contributed by atoms with Gasteiger partial charge in [0.15, 0.2) is 5.76 Å². The first-order valence-electron chi connectivity index (χ1n) is 12.6. The Kier molecular flexibility index (Phi) is 5.82. The van der Waals surface area contributed by atoms with Crippen molar-refractivity contribution in [2.24, 2.45) is 0 Å². The van der Waals surface area contributed by atoms with Gasteiger partial charge < -0.3 is 14.2 Å². The standard InChI is InChI=1S/C27H30N6O2/c1-19-22(26(34)32-15-10-21(11-16-32)31-13-5-2-6-14-31)18-29-33(19)27-28-12-9-23(30-27)25-17-20-7-3-4-8-24(20)35-25/h3-4,7-9,12,17-18,21H,2,5-6,10-11,13-16H2,1H3. The van der Waals surface area contributed by atoms with Gasteiger partial charge in [-0.15, -0.1) is 0 Å². The number of likely N-dealkylation sites (tertiary alicyclic amines) is 2. The van der Waals surface area contributed by atoms with E-state index in [-0.39, 0.29) is 5.91 Å². The smallest absolute Gasteiger partial charge is 0.257 e. The molecule has 2 aliphatic rings. The van der Waals surface area contributed by atoms with Crippen LogP contribution in [0.15, 0.2) is 53.2 Å². The first-order valence-corrected chi connectivity index (χ1v) is 12.6. The molecule has 2 aliphatic heterocycles. The van der Waals surface area contributed by atoms with Crippen molar-refractivity contribution >= 4 is 16.9 Å². The van der Waals surface area contributed by atoms with Crippen LogP contribution in [0.25, 0.3) is 28.4 Å². The Morgan fingerprint density at radius 3 is 2.63 bits per heavy atom. The normalized spacial score (nSPS) is 17.8. The molecule has 1 aromatic carbocycles. The van der Waals surface area contributed by atoms with E-state index in [2.05, 4.69) is 20.0 Å². The highest BCUT2D eigenvalue weighted by atomic mass is 16.3. The number of furan rings is 1. The molecule has 8 heteroatoms. The maximum atomic E-state index is 13.3. The van der Waals surface area contributed by atoms with E-state index in [9.17, 15) is 4.79 Å². The van der Waals surface area contributed by atoms with Crippen LogP contribution < -0.4 is 0 Å². The average Bonchev–Trinajstić information content (AvgIpc) is 3.53. The molecule has 2 saturated heterocycles. The van der Waals surface area contributed by atoms with Gasteiger partial charge in [0.25, 0.3) is 11.9 Å². The fourth-order valence-electron chi connectivity index (χ4n) is 5.40. The summed E-state index contributed by atoms with van der Waals surface area (Å²) in [6.45, 7) is 5.90. The van der Waals surface area contributed by atoms with Gasteiger partial charge in [0, 0.05) is 30.7 Å². The van der Waals surface area contributed by atoms with Gasteiger partial charge >= 0.3 is 0 Å². The zero-order chi connectivity index (χ0) is 23.8. The summed E-state index contributed by atoms with van der Waals surface area (Å²) in [5.41, 5.74) is 2.85. The Morgan fingerprint density at radius 2 is 1.83 bits per heavy atom. The number of carbonyl (C=O) groups excluding carboxylic acids is 1. The molecule has 0 spiro atoms. The fourth-order valence-corrected chi connectivity index (χ4v) is 5.40. The third kappa shape index (κ3) is 4.23. The van der Waals surface area contributed by atoms with Crippen molar-refractivity contribution in [1.29, 1.82) is 0 Å². The molecule has 35 heavy (non-hydrogen) atoms. The van der Waals surface area contributed by atoms with Crippen molar-refractivity contribution in [2.75, 3.05) is 26.2 Å². The molecule has 180 valence electrons. The summed E-state index contributed by atoms with van der Waals surface area (Å²) in [6.07, 6.45) is 9.38. The molecule has 3 aromatic heterocycles. The molecule has 0 bridgehead atoms. The van der Waals surface area contributed by atoms with Crippen molar-refractivity contribution in [2.45, 2.75) is 45.1 Å². The van der Waals surface area contributed by atoms with Crippen molar-refractivity contribution in [1.82, 2.24) is 29.5 Å². The summed E-state index contributed by atoms with van der Waals surface area (Å²) in [7, 11) is 0. The average molecular weight is 471 g/mol. The van der Waals surface area contributed by atoms with Gasteiger partial charge in [-0.25, -0.2) is 14.6 Å². The number of amides is 1. The van der Waals surface area contributed by atoms with Gasteiger partial charge in [-0.05, 0) is 63.9 Å². The third-order valence-electron chi connectivity index (χ3n) is 7.41. The summed E-state index contributed by atoms with van der Waals surface area (Å²) in [6, 6.07) is 12.3. The summed E-state index contributed by atoms with van der Waals surface area (Å²) in [5.74, 6) is 1.13. The maximum Gasteiger partial charge on any atom is 0.257 e. The van der Waals surface area contributed by atoms with Crippen molar-refractivity contribution < 1.29 is 9.21 Å². The molecule has 2 fully saturated rings. The number of piperidine rings is 2.